The first-order chi connectivity index (χ1) is 19.4. The van der Waals surface area contributed by atoms with Gasteiger partial charge in [-0.1, -0.05) is 55.6 Å². The lowest BCUT2D eigenvalue weighted by atomic mass is 10.0. The molecule has 0 atom stereocenters. The van der Waals surface area contributed by atoms with Gasteiger partial charge in [0.05, 0.1) is 28.1 Å². The number of nitrogens with zero attached hydrogens (tertiary/aromatic N) is 5. The largest absolute Gasteiger partial charge is 0.399 e. The number of halogens is 1. The molecule has 0 bridgehead atoms. The summed E-state index contributed by atoms with van der Waals surface area (Å²) in [4.78, 5) is 19.8. The number of nitrogen functional groups attached to an aromatic ring is 1. The number of non-ortho nitro benzene ring substituents is 2. The van der Waals surface area contributed by atoms with E-state index in [-0.39, 0.29) is 26.2 Å². The van der Waals surface area contributed by atoms with Gasteiger partial charge in [0, 0.05) is 53.0 Å². The number of nitro groups is 2. The Labute approximate surface area is 262 Å². The van der Waals surface area contributed by atoms with Gasteiger partial charge in [0.2, 0.25) is 0 Å². The van der Waals surface area contributed by atoms with Crippen LogP contribution in [0.15, 0.2) is 77.8 Å². The molecule has 10 nitrogen and oxygen atoms in total. The van der Waals surface area contributed by atoms with Gasteiger partial charge >= 0.3 is 0 Å². The van der Waals surface area contributed by atoms with Crippen LogP contribution in [0.2, 0.25) is 0 Å². The summed E-state index contributed by atoms with van der Waals surface area (Å²) in [5.41, 5.74) is 11.5. The molecule has 0 aliphatic carbocycles. The molecule has 0 aromatic heterocycles. The van der Waals surface area contributed by atoms with E-state index in [1.165, 1.54) is 47.5 Å². The second kappa shape index (κ2) is 23.4. The third-order valence-corrected chi connectivity index (χ3v) is 6.00. The Morgan fingerprint density at radius 3 is 1.84 bits per heavy atom. The highest BCUT2D eigenvalue weighted by Crippen LogP contribution is 2.22. The van der Waals surface area contributed by atoms with Gasteiger partial charge in [0.25, 0.3) is 11.4 Å². The number of allylic oxidation sites excluding steroid dienone is 2. The fourth-order valence-corrected chi connectivity index (χ4v) is 3.26. The molecule has 0 radical (unpaired) electrons. The highest BCUT2D eigenvalue weighted by Gasteiger charge is 2.07. The molecule has 0 saturated carbocycles. The maximum atomic E-state index is 10.5. The molecule has 2 N–H and O–H groups in total. The quantitative estimate of drug-likeness (QED) is 0.123. The second-order valence-corrected chi connectivity index (χ2v) is 8.98. The van der Waals surface area contributed by atoms with E-state index in [1.54, 1.807) is 24.3 Å². The summed E-state index contributed by atoms with van der Waals surface area (Å²) in [6.45, 7) is 8.87. The summed E-state index contributed by atoms with van der Waals surface area (Å²) in [6.07, 6.45) is 5.39. The van der Waals surface area contributed by atoms with E-state index in [9.17, 15) is 20.2 Å². The monoisotopic (exact) mass is 648 g/mol. The van der Waals surface area contributed by atoms with E-state index < -0.39 is 9.85 Å². The minimum Gasteiger partial charge on any atom is -0.399 e. The van der Waals surface area contributed by atoms with Crippen LogP contribution < -0.4 is 5.73 Å². The lowest BCUT2D eigenvalue weighted by Crippen LogP contribution is -1.92. The smallest absolute Gasteiger partial charge is 0.270 e. The zero-order chi connectivity index (χ0) is 31.4. The Bertz CT molecular complexity index is 1520. The van der Waals surface area contributed by atoms with Crippen LogP contribution in [0, 0.1) is 75.0 Å². The summed E-state index contributed by atoms with van der Waals surface area (Å²) < 4.78 is 0.770. The van der Waals surface area contributed by atoms with E-state index >= 15 is 0 Å². The number of nitrogens with two attached hydrogens (primary N) is 1. The number of rotatable bonds is 5. The molecule has 0 amide bonds. The molecule has 3 aromatic carbocycles. The van der Waals surface area contributed by atoms with E-state index in [1.807, 2.05) is 45.0 Å². The van der Waals surface area contributed by atoms with Gasteiger partial charge in [-0.25, -0.2) is 0 Å². The van der Waals surface area contributed by atoms with Gasteiger partial charge < -0.3 is 5.73 Å². The lowest BCUT2D eigenvalue weighted by molar-refractivity contribution is -0.385. The summed E-state index contributed by atoms with van der Waals surface area (Å²) in [6, 6.07) is 20.7. The summed E-state index contributed by atoms with van der Waals surface area (Å²) in [5.74, 6) is 0. The normalized spacial score (nSPS) is 8.67. The molecule has 0 heterocycles. The molecular formula is C32H37BrN6O4. The van der Waals surface area contributed by atoms with Crippen molar-refractivity contribution in [3.05, 3.63) is 126 Å². The zero-order valence-corrected chi connectivity index (χ0v) is 24.5. The molecule has 0 fully saturated rings. The SMILES string of the molecule is C.C.C=CC#N.Cc1ccc(N)cc1CCC#N.Cc1ccc([N+](=O)[O-])cc1/C=C/C#N.Cc1ccc([N+](=O)[O-])cc1Br. The summed E-state index contributed by atoms with van der Waals surface area (Å²) in [5, 5.41) is 44.9. The first kappa shape index (κ1) is 42.2. The Kier molecular flexibility index (Phi) is 22.9. The van der Waals surface area contributed by atoms with Crippen LogP contribution in [0.5, 0.6) is 0 Å². The fourth-order valence-electron chi connectivity index (χ4n) is 2.89. The van der Waals surface area contributed by atoms with Crippen molar-refractivity contribution in [2.45, 2.75) is 48.5 Å². The van der Waals surface area contributed by atoms with Crippen LogP contribution in [-0.4, -0.2) is 9.85 Å². The second-order valence-electron chi connectivity index (χ2n) is 8.13. The van der Waals surface area contributed by atoms with Crippen LogP contribution in [0.3, 0.4) is 0 Å². The fraction of sp³-hybridized carbons (Fsp3) is 0.219. The van der Waals surface area contributed by atoms with Crippen molar-refractivity contribution >= 4 is 39.1 Å². The average molecular weight is 650 g/mol. The zero-order valence-electron chi connectivity index (χ0n) is 22.9. The molecule has 11 heteroatoms. The van der Waals surface area contributed by atoms with Crippen molar-refractivity contribution in [3.8, 4) is 18.2 Å². The molecule has 0 spiro atoms. The Hall–Kier alpha value is -5.31. The van der Waals surface area contributed by atoms with Gasteiger partial charge in [-0.3, -0.25) is 20.2 Å². The Morgan fingerprint density at radius 1 is 0.860 bits per heavy atom. The van der Waals surface area contributed by atoms with Gasteiger partial charge in [0.1, 0.15) is 0 Å². The number of hydrogen-bond donors (Lipinski definition) is 1. The third kappa shape index (κ3) is 17.2. The lowest BCUT2D eigenvalue weighted by Gasteiger charge is -2.03. The number of benzene rings is 3. The van der Waals surface area contributed by atoms with Crippen molar-refractivity contribution in [2.75, 3.05) is 5.73 Å². The molecule has 3 aromatic rings. The highest BCUT2D eigenvalue weighted by molar-refractivity contribution is 9.10. The minimum absolute atomic E-state index is 0. The number of anilines is 1. The molecule has 3 rings (SSSR count). The van der Waals surface area contributed by atoms with Gasteiger partial charge in [-0.15, -0.1) is 0 Å². The summed E-state index contributed by atoms with van der Waals surface area (Å²) >= 11 is 3.21. The first-order valence-electron chi connectivity index (χ1n) is 11.9. The molecule has 226 valence electrons. The van der Waals surface area contributed by atoms with E-state index in [4.69, 9.17) is 21.5 Å². The van der Waals surface area contributed by atoms with Gasteiger partial charge in [0.15, 0.2) is 0 Å². The maximum absolute atomic E-state index is 10.5. The molecule has 0 aliphatic heterocycles. The van der Waals surface area contributed by atoms with E-state index in [2.05, 4.69) is 28.6 Å². The molecular weight excluding hydrogens is 612 g/mol. The summed E-state index contributed by atoms with van der Waals surface area (Å²) in [7, 11) is 0. The van der Waals surface area contributed by atoms with E-state index in [0.717, 1.165) is 27.7 Å². The van der Waals surface area contributed by atoms with Crippen molar-refractivity contribution in [3.63, 3.8) is 0 Å². The number of aryl methyl sites for hydroxylation is 4. The van der Waals surface area contributed by atoms with Crippen molar-refractivity contribution in [1.82, 2.24) is 0 Å². The van der Waals surface area contributed by atoms with Crippen molar-refractivity contribution < 1.29 is 9.85 Å². The first-order valence-corrected chi connectivity index (χ1v) is 12.6. The standard InChI is InChI=1S/C10H8N2O2.C10H12N2.C7H6BrNO2.C3H3N.2CH4/c1-8-4-5-10(12(13)14)7-9(8)3-2-6-11;1-8-4-5-10(12)7-9(8)3-2-6-11;1-5-2-3-6(9(10)11)4-7(5)8;1-2-3-4;;/h2-5,7H,1H3;4-5,7H,2-3,12H2,1H3;2-4H,1H3;2H,1H2;2*1H4/b3-2+;;;;;. The van der Waals surface area contributed by atoms with Gasteiger partial charge in [-0.2, -0.15) is 15.8 Å². The highest BCUT2D eigenvalue weighted by atomic mass is 79.9. The van der Waals surface area contributed by atoms with Crippen molar-refractivity contribution in [2.24, 2.45) is 0 Å². The van der Waals surface area contributed by atoms with Crippen molar-refractivity contribution in [1.29, 1.82) is 15.8 Å². The third-order valence-electron chi connectivity index (χ3n) is 5.15. The number of nitro benzene ring substituents is 2. The molecule has 0 saturated heterocycles. The van der Waals surface area contributed by atoms with Crippen LogP contribution in [0.25, 0.3) is 6.08 Å². The predicted octanol–water partition coefficient (Wildman–Crippen LogP) is 9.11. The van der Waals surface area contributed by atoms with Crippen LogP contribution in [-0.2, 0) is 6.42 Å². The molecule has 0 unspecified atom stereocenters. The average Bonchev–Trinajstić information content (AvgIpc) is 2.95. The molecule has 43 heavy (non-hydrogen) atoms. The van der Waals surface area contributed by atoms with E-state index in [0.29, 0.717) is 12.0 Å². The predicted molar refractivity (Wildman–Crippen MR) is 177 cm³/mol. The number of hydrogen-bond acceptors (Lipinski definition) is 8. The van der Waals surface area contributed by atoms with Crippen LogP contribution in [0.1, 0.15) is 49.1 Å². The Balaban J connectivity index is -0.000000516. The minimum atomic E-state index is -0.455. The number of nitriles is 3. The topological polar surface area (TPSA) is 184 Å². The van der Waals surface area contributed by atoms with Crippen LogP contribution >= 0.6 is 15.9 Å². The maximum Gasteiger partial charge on any atom is 0.270 e. The van der Waals surface area contributed by atoms with Crippen LogP contribution in [0.4, 0.5) is 17.1 Å². The molecule has 0 aliphatic rings. The van der Waals surface area contributed by atoms with Gasteiger partial charge in [-0.05, 0) is 73.2 Å². The Morgan fingerprint density at radius 2 is 1.37 bits per heavy atom.